The maximum Gasteiger partial charge on any atom is 0.229 e. The third-order valence-electron chi connectivity index (χ3n) is 3.56. The van der Waals surface area contributed by atoms with Crippen molar-refractivity contribution in [2.45, 2.75) is 46.6 Å². The monoisotopic (exact) mass is 328 g/mol. The average molecular weight is 328 g/mol. The van der Waals surface area contributed by atoms with Crippen molar-refractivity contribution in [3.05, 3.63) is 36.0 Å². The van der Waals surface area contributed by atoms with E-state index in [1.807, 2.05) is 51.1 Å². The SMILES string of the molecule is CCCCN(C)c1cc(C)nc(Nc2ccc(OC(C)C)cc2)n1. The number of nitrogens with zero attached hydrogens (tertiary/aromatic N) is 3. The molecule has 2 rings (SSSR count). The summed E-state index contributed by atoms with van der Waals surface area (Å²) in [5.74, 6) is 2.42. The summed E-state index contributed by atoms with van der Waals surface area (Å²) in [6.07, 6.45) is 2.49. The van der Waals surface area contributed by atoms with Gasteiger partial charge in [-0.3, -0.25) is 0 Å². The van der Waals surface area contributed by atoms with E-state index in [-0.39, 0.29) is 6.10 Å². The molecule has 5 heteroatoms. The summed E-state index contributed by atoms with van der Waals surface area (Å²) in [7, 11) is 2.07. The molecule has 1 heterocycles. The Morgan fingerprint density at radius 2 is 1.88 bits per heavy atom. The largest absolute Gasteiger partial charge is 0.491 e. The summed E-state index contributed by atoms with van der Waals surface area (Å²) in [5.41, 5.74) is 1.89. The summed E-state index contributed by atoms with van der Waals surface area (Å²) < 4.78 is 5.66. The second-order valence-corrected chi connectivity index (χ2v) is 6.28. The third kappa shape index (κ3) is 5.41. The van der Waals surface area contributed by atoms with Crippen LogP contribution < -0.4 is 15.0 Å². The summed E-state index contributed by atoms with van der Waals surface area (Å²) in [4.78, 5) is 11.3. The van der Waals surface area contributed by atoms with Gasteiger partial charge in [-0.05, 0) is 51.5 Å². The second kappa shape index (κ2) is 8.52. The van der Waals surface area contributed by atoms with Gasteiger partial charge in [-0.1, -0.05) is 13.3 Å². The third-order valence-corrected chi connectivity index (χ3v) is 3.56. The van der Waals surface area contributed by atoms with Crippen LogP contribution in [-0.2, 0) is 0 Å². The highest BCUT2D eigenvalue weighted by molar-refractivity contribution is 5.56. The zero-order valence-electron chi connectivity index (χ0n) is 15.3. The first-order valence-electron chi connectivity index (χ1n) is 8.58. The van der Waals surface area contributed by atoms with E-state index in [2.05, 4.69) is 34.2 Å². The van der Waals surface area contributed by atoms with Crippen molar-refractivity contribution in [2.75, 3.05) is 23.8 Å². The van der Waals surface area contributed by atoms with Gasteiger partial charge in [-0.15, -0.1) is 0 Å². The minimum absolute atomic E-state index is 0.171. The zero-order chi connectivity index (χ0) is 17.5. The summed E-state index contributed by atoms with van der Waals surface area (Å²) in [5, 5.41) is 3.27. The van der Waals surface area contributed by atoms with Crippen LogP contribution in [-0.4, -0.2) is 29.7 Å². The number of nitrogens with one attached hydrogen (secondary N) is 1. The quantitative estimate of drug-likeness (QED) is 0.770. The number of anilines is 3. The summed E-state index contributed by atoms with van der Waals surface area (Å²) >= 11 is 0. The van der Waals surface area contributed by atoms with Gasteiger partial charge in [0.2, 0.25) is 5.95 Å². The van der Waals surface area contributed by atoms with Crippen molar-refractivity contribution >= 4 is 17.5 Å². The lowest BCUT2D eigenvalue weighted by atomic mass is 10.3. The molecule has 130 valence electrons. The van der Waals surface area contributed by atoms with E-state index in [9.17, 15) is 0 Å². The normalized spacial score (nSPS) is 10.8. The molecule has 0 spiro atoms. The summed E-state index contributed by atoms with van der Waals surface area (Å²) in [6, 6.07) is 9.87. The molecule has 1 aromatic heterocycles. The molecule has 24 heavy (non-hydrogen) atoms. The van der Waals surface area contributed by atoms with Crippen LogP contribution in [0.3, 0.4) is 0 Å². The zero-order valence-corrected chi connectivity index (χ0v) is 15.3. The maximum atomic E-state index is 5.66. The number of rotatable bonds is 8. The predicted octanol–water partition coefficient (Wildman–Crippen LogP) is 4.55. The van der Waals surface area contributed by atoms with Crippen LogP contribution in [0.15, 0.2) is 30.3 Å². The molecule has 0 radical (unpaired) electrons. The highest BCUT2D eigenvalue weighted by Crippen LogP contribution is 2.21. The van der Waals surface area contributed by atoms with E-state index in [1.54, 1.807) is 0 Å². The molecular formula is C19H28N4O. The van der Waals surface area contributed by atoms with Crippen molar-refractivity contribution in [2.24, 2.45) is 0 Å². The first kappa shape index (κ1) is 18.0. The number of benzene rings is 1. The Hall–Kier alpha value is -2.30. The van der Waals surface area contributed by atoms with E-state index in [4.69, 9.17) is 4.74 Å². The van der Waals surface area contributed by atoms with Gasteiger partial charge in [0.1, 0.15) is 11.6 Å². The Labute approximate surface area is 145 Å². The van der Waals surface area contributed by atoms with Gasteiger partial charge in [-0.25, -0.2) is 4.98 Å². The molecule has 1 aromatic carbocycles. The lowest BCUT2D eigenvalue weighted by Crippen LogP contribution is -2.20. The van der Waals surface area contributed by atoms with Crippen molar-refractivity contribution in [3.8, 4) is 5.75 Å². The van der Waals surface area contributed by atoms with Crippen LogP contribution in [0.2, 0.25) is 0 Å². The minimum atomic E-state index is 0.171. The fourth-order valence-electron chi connectivity index (χ4n) is 2.33. The standard InChI is InChI=1S/C19H28N4O/c1-6-7-12-23(5)18-13-15(4)20-19(22-18)21-16-8-10-17(11-9-16)24-14(2)3/h8-11,13-14H,6-7,12H2,1-5H3,(H,20,21,22). The van der Waals surface area contributed by atoms with Crippen molar-refractivity contribution in [3.63, 3.8) is 0 Å². The molecule has 0 fully saturated rings. The van der Waals surface area contributed by atoms with Crippen molar-refractivity contribution in [1.82, 2.24) is 9.97 Å². The van der Waals surface area contributed by atoms with Crippen LogP contribution >= 0.6 is 0 Å². The Kier molecular flexibility index (Phi) is 6.41. The van der Waals surface area contributed by atoms with Crippen molar-refractivity contribution < 1.29 is 4.74 Å². The van der Waals surface area contributed by atoms with Crippen LogP contribution in [0.5, 0.6) is 5.75 Å². The molecular weight excluding hydrogens is 300 g/mol. The highest BCUT2D eigenvalue weighted by atomic mass is 16.5. The number of hydrogen-bond donors (Lipinski definition) is 1. The predicted molar refractivity (Wildman–Crippen MR) is 100 cm³/mol. The van der Waals surface area contributed by atoms with Gasteiger partial charge in [0.25, 0.3) is 0 Å². The Morgan fingerprint density at radius 3 is 2.50 bits per heavy atom. The maximum absolute atomic E-state index is 5.66. The fourth-order valence-corrected chi connectivity index (χ4v) is 2.33. The molecule has 0 bridgehead atoms. The van der Waals surface area contributed by atoms with E-state index >= 15 is 0 Å². The van der Waals surface area contributed by atoms with Gasteiger partial charge in [0.05, 0.1) is 6.10 Å². The van der Waals surface area contributed by atoms with Crippen molar-refractivity contribution in [1.29, 1.82) is 0 Å². The topological polar surface area (TPSA) is 50.3 Å². The average Bonchev–Trinajstić information content (AvgIpc) is 2.53. The summed E-state index contributed by atoms with van der Waals surface area (Å²) in [6.45, 7) is 9.21. The van der Waals surface area contributed by atoms with E-state index in [1.165, 1.54) is 6.42 Å². The molecule has 0 saturated heterocycles. The molecule has 2 aromatic rings. The highest BCUT2D eigenvalue weighted by Gasteiger charge is 2.07. The molecule has 0 aliphatic carbocycles. The molecule has 0 aliphatic heterocycles. The number of hydrogen-bond acceptors (Lipinski definition) is 5. The minimum Gasteiger partial charge on any atom is -0.491 e. The fraction of sp³-hybridized carbons (Fsp3) is 0.474. The number of ether oxygens (including phenoxy) is 1. The first-order valence-corrected chi connectivity index (χ1v) is 8.58. The van der Waals surface area contributed by atoms with E-state index < -0.39 is 0 Å². The molecule has 0 amide bonds. The van der Waals surface area contributed by atoms with Crippen LogP contribution in [0.4, 0.5) is 17.5 Å². The van der Waals surface area contributed by atoms with Gasteiger partial charge in [0, 0.05) is 31.0 Å². The van der Waals surface area contributed by atoms with E-state index in [0.29, 0.717) is 5.95 Å². The number of aryl methyl sites for hydroxylation is 1. The van der Waals surface area contributed by atoms with Gasteiger partial charge in [-0.2, -0.15) is 4.98 Å². The molecule has 0 unspecified atom stereocenters. The molecule has 1 N–H and O–H groups in total. The lowest BCUT2D eigenvalue weighted by molar-refractivity contribution is 0.242. The van der Waals surface area contributed by atoms with Gasteiger partial charge in [0.15, 0.2) is 0 Å². The van der Waals surface area contributed by atoms with Gasteiger partial charge < -0.3 is 15.0 Å². The Bertz CT molecular complexity index is 640. The van der Waals surface area contributed by atoms with Crippen LogP contribution in [0.25, 0.3) is 0 Å². The molecule has 0 saturated carbocycles. The van der Waals surface area contributed by atoms with Gasteiger partial charge >= 0.3 is 0 Å². The first-order chi connectivity index (χ1) is 11.5. The molecule has 0 atom stereocenters. The smallest absolute Gasteiger partial charge is 0.229 e. The van der Waals surface area contributed by atoms with Crippen LogP contribution in [0.1, 0.15) is 39.3 Å². The number of aromatic nitrogens is 2. The molecule has 5 nitrogen and oxygen atoms in total. The Morgan fingerprint density at radius 1 is 1.17 bits per heavy atom. The van der Waals surface area contributed by atoms with Crippen LogP contribution in [0, 0.1) is 6.92 Å². The second-order valence-electron chi connectivity index (χ2n) is 6.28. The molecule has 0 aliphatic rings. The Balaban J connectivity index is 2.10. The lowest BCUT2D eigenvalue weighted by Gasteiger charge is -2.19. The number of unbranched alkanes of at least 4 members (excludes halogenated alkanes) is 1. The van der Waals surface area contributed by atoms with E-state index in [0.717, 1.165) is 35.9 Å².